The minimum Gasteiger partial charge on any atom is -0.481 e. The van der Waals surface area contributed by atoms with E-state index in [-0.39, 0.29) is 12.0 Å². The molecular formula is C21H25BrN2O2. The molecule has 0 spiro atoms. The van der Waals surface area contributed by atoms with E-state index in [0.717, 1.165) is 29.5 Å². The second-order valence-electron chi connectivity index (χ2n) is 7.12. The zero-order valence-electron chi connectivity index (χ0n) is 15.2. The molecule has 0 saturated carbocycles. The quantitative estimate of drug-likeness (QED) is 0.783. The number of likely N-dealkylation sites (tertiary alicyclic amines) is 1. The molecule has 4 nitrogen and oxygen atoms in total. The van der Waals surface area contributed by atoms with Gasteiger partial charge in [-0.3, -0.25) is 9.69 Å². The first-order chi connectivity index (χ1) is 12.5. The average Bonchev–Trinajstić information content (AvgIpc) is 2.63. The van der Waals surface area contributed by atoms with Gasteiger partial charge in [0.15, 0.2) is 0 Å². The van der Waals surface area contributed by atoms with Crippen molar-refractivity contribution in [1.29, 1.82) is 0 Å². The Bertz CT molecular complexity index is 761. The van der Waals surface area contributed by atoms with Crippen molar-refractivity contribution in [2.24, 2.45) is 5.92 Å². The molecule has 0 amide bonds. The van der Waals surface area contributed by atoms with Crippen molar-refractivity contribution in [3.05, 3.63) is 64.1 Å². The molecule has 0 radical (unpaired) electrons. The number of anilines is 1. The van der Waals surface area contributed by atoms with Gasteiger partial charge in [-0.2, -0.15) is 0 Å². The van der Waals surface area contributed by atoms with E-state index in [1.54, 1.807) is 0 Å². The molecule has 1 aliphatic heterocycles. The SMILES string of the molecule is CN(C)c1ccc(C(c2cccc(Br)c2)N2CCCC(C(=O)O)C2)cc1. The third kappa shape index (κ3) is 4.27. The van der Waals surface area contributed by atoms with Gasteiger partial charge in [-0.1, -0.05) is 40.2 Å². The average molecular weight is 417 g/mol. The van der Waals surface area contributed by atoms with Crippen LogP contribution in [-0.2, 0) is 4.79 Å². The van der Waals surface area contributed by atoms with Crippen LogP contribution < -0.4 is 4.90 Å². The van der Waals surface area contributed by atoms with Gasteiger partial charge in [0.1, 0.15) is 0 Å². The van der Waals surface area contributed by atoms with E-state index in [1.165, 1.54) is 11.1 Å². The van der Waals surface area contributed by atoms with Crippen molar-refractivity contribution in [2.45, 2.75) is 18.9 Å². The Hall–Kier alpha value is -1.85. The second-order valence-corrected chi connectivity index (χ2v) is 8.03. The van der Waals surface area contributed by atoms with Crippen molar-refractivity contribution >= 4 is 27.6 Å². The van der Waals surface area contributed by atoms with Gasteiger partial charge in [0.2, 0.25) is 0 Å². The largest absolute Gasteiger partial charge is 0.481 e. The van der Waals surface area contributed by atoms with Gasteiger partial charge in [0, 0.05) is 30.8 Å². The molecule has 1 saturated heterocycles. The molecule has 2 aromatic carbocycles. The summed E-state index contributed by atoms with van der Waals surface area (Å²) >= 11 is 3.57. The van der Waals surface area contributed by atoms with E-state index < -0.39 is 5.97 Å². The van der Waals surface area contributed by atoms with Gasteiger partial charge in [0.05, 0.1) is 12.0 Å². The highest BCUT2D eigenvalue weighted by Crippen LogP contribution is 2.34. The molecule has 5 heteroatoms. The lowest BCUT2D eigenvalue weighted by Crippen LogP contribution is -2.41. The number of carboxylic acid groups (broad SMARTS) is 1. The van der Waals surface area contributed by atoms with Crippen LogP contribution in [-0.4, -0.2) is 43.2 Å². The number of hydrogen-bond donors (Lipinski definition) is 1. The summed E-state index contributed by atoms with van der Waals surface area (Å²) in [7, 11) is 4.06. The van der Waals surface area contributed by atoms with Crippen molar-refractivity contribution in [1.82, 2.24) is 4.90 Å². The van der Waals surface area contributed by atoms with Crippen LogP contribution in [0.1, 0.15) is 30.0 Å². The number of nitrogens with zero attached hydrogens (tertiary/aromatic N) is 2. The van der Waals surface area contributed by atoms with Crippen LogP contribution in [0.3, 0.4) is 0 Å². The highest BCUT2D eigenvalue weighted by molar-refractivity contribution is 9.10. The summed E-state index contributed by atoms with van der Waals surface area (Å²) in [5.74, 6) is -0.981. The van der Waals surface area contributed by atoms with E-state index in [2.05, 4.69) is 62.1 Å². The number of piperidine rings is 1. The van der Waals surface area contributed by atoms with Gasteiger partial charge in [-0.05, 0) is 54.8 Å². The minimum absolute atomic E-state index is 0.0610. The number of hydrogen-bond acceptors (Lipinski definition) is 3. The molecule has 2 aromatic rings. The third-order valence-electron chi connectivity index (χ3n) is 5.06. The topological polar surface area (TPSA) is 43.8 Å². The molecule has 1 heterocycles. The standard InChI is InChI=1S/C21H25BrN2O2/c1-23(2)19-10-8-15(9-11-19)20(16-5-3-7-18(22)13-16)24-12-4-6-17(14-24)21(25)26/h3,5,7-11,13,17,20H,4,6,12,14H2,1-2H3,(H,25,26). The first-order valence-corrected chi connectivity index (χ1v) is 9.74. The summed E-state index contributed by atoms with van der Waals surface area (Å²) in [6.45, 7) is 1.50. The fraction of sp³-hybridized carbons (Fsp3) is 0.381. The predicted octanol–water partition coefficient (Wildman–Crippen LogP) is 4.40. The molecular weight excluding hydrogens is 392 g/mol. The molecule has 1 N–H and O–H groups in total. The highest BCUT2D eigenvalue weighted by atomic mass is 79.9. The zero-order chi connectivity index (χ0) is 18.7. The maximum Gasteiger partial charge on any atom is 0.307 e. The monoisotopic (exact) mass is 416 g/mol. The summed E-state index contributed by atoms with van der Waals surface area (Å²) < 4.78 is 1.04. The van der Waals surface area contributed by atoms with Crippen molar-refractivity contribution < 1.29 is 9.90 Å². The van der Waals surface area contributed by atoms with Gasteiger partial charge in [0.25, 0.3) is 0 Å². The summed E-state index contributed by atoms with van der Waals surface area (Å²) in [4.78, 5) is 15.9. The summed E-state index contributed by atoms with van der Waals surface area (Å²) in [6.07, 6.45) is 1.67. The lowest BCUT2D eigenvalue weighted by molar-refractivity contribution is -0.143. The van der Waals surface area contributed by atoms with Crippen LogP contribution in [0.2, 0.25) is 0 Å². The normalized spacial score (nSPS) is 19.1. The fourth-order valence-corrected chi connectivity index (χ4v) is 4.10. The van der Waals surface area contributed by atoms with Crippen molar-refractivity contribution in [3.8, 4) is 0 Å². The maximum absolute atomic E-state index is 11.5. The summed E-state index contributed by atoms with van der Waals surface area (Å²) in [5.41, 5.74) is 3.53. The van der Waals surface area contributed by atoms with Crippen LogP contribution in [0.5, 0.6) is 0 Å². The smallest absolute Gasteiger partial charge is 0.307 e. The Morgan fingerprint density at radius 3 is 2.54 bits per heavy atom. The molecule has 2 unspecified atom stereocenters. The summed E-state index contributed by atoms with van der Waals surface area (Å²) in [6, 6.07) is 16.9. The van der Waals surface area contributed by atoms with E-state index in [1.807, 2.05) is 26.2 Å². The zero-order valence-corrected chi connectivity index (χ0v) is 16.8. The molecule has 1 fully saturated rings. The van der Waals surface area contributed by atoms with Crippen LogP contribution in [0, 0.1) is 5.92 Å². The highest BCUT2D eigenvalue weighted by Gasteiger charge is 2.31. The second kappa shape index (κ2) is 8.23. The third-order valence-corrected chi connectivity index (χ3v) is 5.55. The molecule has 0 aliphatic carbocycles. The number of aliphatic carboxylic acids is 1. The van der Waals surface area contributed by atoms with Crippen LogP contribution in [0.15, 0.2) is 53.0 Å². The number of benzene rings is 2. The molecule has 3 rings (SSSR count). The lowest BCUT2D eigenvalue weighted by Gasteiger charge is -2.37. The van der Waals surface area contributed by atoms with E-state index in [4.69, 9.17) is 0 Å². The van der Waals surface area contributed by atoms with Crippen molar-refractivity contribution in [2.75, 3.05) is 32.1 Å². The minimum atomic E-state index is -0.689. The Balaban J connectivity index is 1.97. The molecule has 2 atom stereocenters. The predicted molar refractivity (Wildman–Crippen MR) is 109 cm³/mol. The molecule has 0 bridgehead atoms. The molecule has 138 valence electrons. The van der Waals surface area contributed by atoms with Crippen LogP contribution >= 0.6 is 15.9 Å². The van der Waals surface area contributed by atoms with Gasteiger partial charge in [-0.15, -0.1) is 0 Å². The Morgan fingerprint density at radius 1 is 1.19 bits per heavy atom. The van der Waals surface area contributed by atoms with Crippen molar-refractivity contribution in [3.63, 3.8) is 0 Å². The Morgan fingerprint density at radius 2 is 1.92 bits per heavy atom. The lowest BCUT2D eigenvalue weighted by atomic mass is 9.91. The van der Waals surface area contributed by atoms with Gasteiger partial charge in [-0.25, -0.2) is 0 Å². The van der Waals surface area contributed by atoms with Gasteiger partial charge >= 0.3 is 5.97 Å². The fourth-order valence-electron chi connectivity index (χ4n) is 3.69. The van der Waals surface area contributed by atoms with E-state index in [9.17, 15) is 9.90 Å². The van der Waals surface area contributed by atoms with Crippen LogP contribution in [0.25, 0.3) is 0 Å². The van der Waals surface area contributed by atoms with E-state index in [0.29, 0.717) is 6.54 Å². The molecule has 1 aliphatic rings. The Labute approximate surface area is 163 Å². The van der Waals surface area contributed by atoms with E-state index >= 15 is 0 Å². The number of rotatable bonds is 5. The molecule has 0 aromatic heterocycles. The number of halogens is 1. The first-order valence-electron chi connectivity index (χ1n) is 8.95. The molecule has 26 heavy (non-hydrogen) atoms. The van der Waals surface area contributed by atoms with Gasteiger partial charge < -0.3 is 10.0 Å². The first kappa shape index (κ1) is 18.9. The number of carbonyl (C=O) groups is 1. The Kier molecular flexibility index (Phi) is 5.99. The maximum atomic E-state index is 11.5. The number of carboxylic acids is 1. The summed E-state index contributed by atoms with van der Waals surface area (Å²) in [5, 5.41) is 9.48. The van der Waals surface area contributed by atoms with Crippen LogP contribution in [0.4, 0.5) is 5.69 Å².